The van der Waals surface area contributed by atoms with Crippen molar-refractivity contribution >= 4 is 15.9 Å². The van der Waals surface area contributed by atoms with Crippen molar-refractivity contribution in [3.8, 4) is 6.07 Å². The molecule has 0 unspecified atom stereocenters. The van der Waals surface area contributed by atoms with Gasteiger partial charge in [0.2, 0.25) is 10.0 Å². The van der Waals surface area contributed by atoms with Crippen LogP contribution < -0.4 is 0 Å². The molecule has 1 fully saturated rings. The standard InChI is InChI=1S/C21H23FN4O3S/c22-19-8-7-18(14-20(19)30(28,29)26-12-2-1-3-13-26)21(27)25(11-5-9-23)16-17-6-4-10-24-15-17/h4,6-8,10,14-15H,1-3,5,11-13,16H2. The van der Waals surface area contributed by atoms with Gasteiger partial charge in [-0.3, -0.25) is 9.78 Å². The van der Waals surface area contributed by atoms with Crippen LogP contribution in [0.3, 0.4) is 0 Å². The number of amides is 1. The molecule has 0 saturated carbocycles. The van der Waals surface area contributed by atoms with Gasteiger partial charge in [0.25, 0.3) is 5.91 Å². The zero-order valence-corrected chi connectivity index (χ0v) is 17.3. The maximum absolute atomic E-state index is 14.5. The third kappa shape index (κ3) is 5.01. The van der Waals surface area contributed by atoms with Gasteiger partial charge < -0.3 is 4.90 Å². The number of aromatic nitrogens is 1. The van der Waals surface area contributed by atoms with E-state index in [1.165, 1.54) is 15.3 Å². The van der Waals surface area contributed by atoms with Crippen LogP contribution in [0.5, 0.6) is 0 Å². The summed E-state index contributed by atoms with van der Waals surface area (Å²) >= 11 is 0. The Morgan fingerprint density at radius 1 is 1.23 bits per heavy atom. The molecule has 0 radical (unpaired) electrons. The van der Waals surface area contributed by atoms with E-state index in [9.17, 15) is 17.6 Å². The number of rotatable bonds is 7. The van der Waals surface area contributed by atoms with Crippen LogP contribution in [0.15, 0.2) is 47.6 Å². The number of hydrogen-bond donors (Lipinski definition) is 0. The van der Waals surface area contributed by atoms with E-state index in [1.54, 1.807) is 24.5 Å². The van der Waals surface area contributed by atoms with E-state index in [0.717, 1.165) is 37.0 Å². The van der Waals surface area contributed by atoms with Crippen molar-refractivity contribution in [2.45, 2.75) is 37.1 Å². The number of piperidine rings is 1. The molecule has 2 heterocycles. The molecule has 1 aromatic carbocycles. The molecule has 158 valence electrons. The summed E-state index contributed by atoms with van der Waals surface area (Å²) in [5.74, 6) is -1.35. The third-order valence-electron chi connectivity index (χ3n) is 4.99. The van der Waals surface area contributed by atoms with E-state index in [-0.39, 0.29) is 25.1 Å². The minimum absolute atomic E-state index is 0.0637. The number of nitrogens with zero attached hydrogens (tertiary/aromatic N) is 4. The monoisotopic (exact) mass is 430 g/mol. The van der Waals surface area contributed by atoms with Crippen LogP contribution in [-0.2, 0) is 16.6 Å². The first-order valence-electron chi connectivity index (χ1n) is 9.78. The molecule has 0 bridgehead atoms. The highest BCUT2D eigenvalue weighted by Crippen LogP contribution is 2.24. The average Bonchev–Trinajstić information content (AvgIpc) is 2.77. The lowest BCUT2D eigenvalue weighted by Gasteiger charge is -2.26. The summed E-state index contributed by atoms with van der Waals surface area (Å²) < 4.78 is 41.6. The van der Waals surface area contributed by atoms with Gasteiger partial charge >= 0.3 is 0 Å². The van der Waals surface area contributed by atoms with Crippen LogP contribution in [0.1, 0.15) is 41.6 Å². The summed E-state index contributed by atoms with van der Waals surface area (Å²) in [5, 5.41) is 8.93. The SMILES string of the molecule is N#CCCN(Cc1cccnc1)C(=O)c1ccc(F)c(S(=O)(=O)N2CCCCC2)c1. The Balaban J connectivity index is 1.90. The van der Waals surface area contributed by atoms with E-state index in [4.69, 9.17) is 5.26 Å². The Hall–Kier alpha value is -2.83. The maximum atomic E-state index is 14.5. The second kappa shape index (κ2) is 9.78. The van der Waals surface area contributed by atoms with E-state index in [0.29, 0.717) is 13.1 Å². The molecule has 0 atom stereocenters. The van der Waals surface area contributed by atoms with Crippen molar-refractivity contribution in [1.82, 2.24) is 14.2 Å². The van der Waals surface area contributed by atoms with Crippen LogP contribution in [0.25, 0.3) is 0 Å². The largest absolute Gasteiger partial charge is 0.333 e. The highest BCUT2D eigenvalue weighted by molar-refractivity contribution is 7.89. The van der Waals surface area contributed by atoms with E-state index in [1.807, 2.05) is 6.07 Å². The Morgan fingerprint density at radius 2 is 2.00 bits per heavy atom. The van der Waals surface area contributed by atoms with Gasteiger partial charge in [-0.25, -0.2) is 12.8 Å². The number of halogens is 1. The molecular formula is C21H23FN4O3S. The van der Waals surface area contributed by atoms with Crippen molar-refractivity contribution in [3.63, 3.8) is 0 Å². The lowest BCUT2D eigenvalue weighted by atomic mass is 10.1. The van der Waals surface area contributed by atoms with Crippen molar-refractivity contribution in [1.29, 1.82) is 5.26 Å². The first-order valence-corrected chi connectivity index (χ1v) is 11.2. The Bertz CT molecular complexity index is 1030. The van der Waals surface area contributed by atoms with Crippen LogP contribution in [0.2, 0.25) is 0 Å². The van der Waals surface area contributed by atoms with E-state index < -0.39 is 26.6 Å². The van der Waals surface area contributed by atoms with Gasteiger partial charge in [0, 0.05) is 44.1 Å². The normalized spacial score (nSPS) is 14.8. The molecule has 1 aliphatic rings. The van der Waals surface area contributed by atoms with Gasteiger partial charge in [-0.15, -0.1) is 0 Å². The molecule has 7 nitrogen and oxygen atoms in total. The third-order valence-corrected chi connectivity index (χ3v) is 6.90. The molecule has 0 aliphatic carbocycles. The lowest BCUT2D eigenvalue weighted by Crippen LogP contribution is -2.36. The van der Waals surface area contributed by atoms with Crippen LogP contribution in [0.4, 0.5) is 4.39 Å². The van der Waals surface area contributed by atoms with Gasteiger partial charge in [-0.2, -0.15) is 9.57 Å². The van der Waals surface area contributed by atoms with E-state index in [2.05, 4.69) is 4.98 Å². The second-order valence-electron chi connectivity index (χ2n) is 7.11. The fourth-order valence-electron chi connectivity index (χ4n) is 3.41. The van der Waals surface area contributed by atoms with E-state index >= 15 is 0 Å². The summed E-state index contributed by atoms with van der Waals surface area (Å²) in [6.45, 7) is 1.06. The fraction of sp³-hybridized carbons (Fsp3) is 0.381. The lowest BCUT2D eigenvalue weighted by molar-refractivity contribution is 0.0746. The minimum atomic E-state index is -4.03. The molecular weight excluding hydrogens is 407 g/mol. The zero-order valence-electron chi connectivity index (χ0n) is 16.5. The Morgan fingerprint density at radius 3 is 2.67 bits per heavy atom. The van der Waals surface area contributed by atoms with Crippen molar-refractivity contribution in [2.75, 3.05) is 19.6 Å². The average molecular weight is 431 g/mol. The number of nitriles is 1. The molecule has 1 saturated heterocycles. The predicted molar refractivity (Wildman–Crippen MR) is 108 cm³/mol. The molecule has 1 amide bonds. The van der Waals surface area contributed by atoms with Crippen molar-refractivity contribution in [2.24, 2.45) is 0 Å². The number of pyridine rings is 1. The molecule has 1 aliphatic heterocycles. The number of hydrogen-bond acceptors (Lipinski definition) is 5. The number of carbonyl (C=O) groups is 1. The quantitative estimate of drug-likeness (QED) is 0.673. The molecule has 3 rings (SSSR count). The highest BCUT2D eigenvalue weighted by atomic mass is 32.2. The van der Waals surface area contributed by atoms with Gasteiger partial charge in [-0.05, 0) is 42.7 Å². The summed E-state index contributed by atoms with van der Waals surface area (Å²) in [5.41, 5.74) is 0.834. The molecule has 1 aromatic heterocycles. The van der Waals surface area contributed by atoms with Crippen molar-refractivity contribution < 1.29 is 17.6 Å². The van der Waals surface area contributed by atoms with Gasteiger partial charge in [0.1, 0.15) is 10.7 Å². The van der Waals surface area contributed by atoms with Crippen LogP contribution in [-0.4, -0.2) is 48.1 Å². The predicted octanol–water partition coefficient (Wildman–Crippen LogP) is 2.95. The number of carbonyl (C=O) groups excluding carboxylic acids is 1. The molecule has 0 spiro atoms. The summed E-state index contributed by atoms with van der Waals surface area (Å²) in [6, 6.07) is 8.93. The fourth-order valence-corrected chi connectivity index (χ4v) is 5.02. The molecule has 9 heteroatoms. The number of sulfonamides is 1. The summed E-state index contributed by atoms with van der Waals surface area (Å²) in [6.07, 6.45) is 5.74. The van der Waals surface area contributed by atoms with Gasteiger partial charge in [0.15, 0.2) is 0 Å². The first kappa shape index (κ1) is 21.9. The second-order valence-corrected chi connectivity index (χ2v) is 9.01. The van der Waals surface area contributed by atoms with Crippen molar-refractivity contribution in [3.05, 3.63) is 59.7 Å². The Kier molecular flexibility index (Phi) is 7.13. The van der Waals surface area contributed by atoms with Crippen LogP contribution >= 0.6 is 0 Å². The Labute approximate surface area is 175 Å². The topological polar surface area (TPSA) is 94.4 Å². The zero-order chi connectivity index (χ0) is 21.6. The van der Waals surface area contributed by atoms with Gasteiger partial charge in [-0.1, -0.05) is 12.5 Å². The molecule has 0 N–H and O–H groups in total. The summed E-state index contributed by atoms with van der Waals surface area (Å²) in [7, 11) is -4.03. The first-order chi connectivity index (χ1) is 14.4. The smallest absolute Gasteiger partial charge is 0.254 e. The summed E-state index contributed by atoms with van der Waals surface area (Å²) in [4.78, 5) is 18.1. The molecule has 30 heavy (non-hydrogen) atoms. The highest BCUT2D eigenvalue weighted by Gasteiger charge is 2.30. The van der Waals surface area contributed by atoms with Crippen LogP contribution in [0, 0.1) is 17.1 Å². The van der Waals surface area contributed by atoms with Gasteiger partial charge in [0.05, 0.1) is 12.5 Å². The maximum Gasteiger partial charge on any atom is 0.254 e. The molecule has 2 aromatic rings. The number of benzene rings is 1. The minimum Gasteiger partial charge on any atom is -0.333 e.